The number of nitrogens with zero attached hydrogens (tertiary/aromatic N) is 3. The van der Waals surface area contributed by atoms with E-state index < -0.39 is 11.2 Å². The predicted octanol–water partition coefficient (Wildman–Crippen LogP) is 4.77. The first kappa shape index (κ1) is 35.1. The molecule has 2 amide bonds. The molecule has 2 heterocycles. The molecule has 0 radical (unpaired) electrons. The van der Waals surface area contributed by atoms with Crippen molar-refractivity contribution < 1.29 is 23.9 Å². The van der Waals surface area contributed by atoms with Gasteiger partial charge in [0.15, 0.2) is 0 Å². The van der Waals surface area contributed by atoms with Crippen molar-refractivity contribution in [3.63, 3.8) is 0 Å². The van der Waals surface area contributed by atoms with Gasteiger partial charge in [0.1, 0.15) is 17.5 Å². The van der Waals surface area contributed by atoms with Gasteiger partial charge < -0.3 is 34.7 Å². The first-order chi connectivity index (χ1) is 17.2. The van der Waals surface area contributed by atoms with Gasteiger partial charge in [-0.1, -0.05) is 13.8 Å². The van der Waals surface area contributed by atoms with E-state index in [1.54, 1.807) is 4.90 Å². The first-order valence-electron chi connectivity index (χ1n) is 14.0. The van der Waals surface area contributed by atoms with Crippen LogP contribution >= 0.6 is 0 Å². The van der Waals surface area contributed by atoms with Crippen molar-refractivity contribution in [1.82, 2.24) is 14.7 Å². The lowest BCUT2D eigenvalue weighted by Crippen LogP contribution is -2.43. The number of hydrogen-bond donors (Lipinski definition) is 1. The van der Waals surface area contributed by atoms with Gasteiger partial charge in [0, 0.05) is 32.7 Å². The Morgan fingerprint density at radius 3 is 1.41 bits per heavy atom. The number of likely N-dealkylation sites (tertiary alicyclic amines) is 2. The molecule has 9 heteroatoms. The van der Waals surface area contributed by atoms with Gasteiger partial charge in [0.2, 0.25) is 0 Å². The Morgan fingerprint density at radius 2 is 1.14 bits per heavy atom. The van der Waals surface area contributed by atoms with Gasteiger partial charge in [-0.3, -0.25) is 0 Å². The summed E-state index contributed by atoms with van der Waals surface area (Å²) >= 11 is 0. The van der Waals surface area contributed by atoms with Crippen LogP contribution in [0.4, 0.5) is 9.59 Å². The largest absolute Gasteiger partial charge is 0.444 e. The second-order valence-corrected chi connectivity index (χ2v) is 11.8. The third-order valence-electron chi connectivity index (χ3n) is 6.28. The smallest absolute Gasteiger partial charge is 0.410 e. The molecule has 0 saturated carbocycles. The fourth-order valence-electron chi connectivity index (χ4n) is 4.15. The third kappa shape index (κ3) is 16.6. The molecule has 0 aliphatic carbocycles. The molecule has 0 bridgehead atoms. The van der Waals surface area contributed by atoms with Crippen LogP contribution in [0.15, 0.2) is 0 Å². The van der Waals surface area contributed by atoms with E-state index in [0.717, 1.165) is 90.2 Å². The average molecular weight is 529 g/mol. The minimum Gasteiger partial charge on any atom is -0.444 e. The average Bonchev–Trinajstić information content (AvgIpc) is 2.81. The summed E-state index contributed by atoms with van der Waals surface area (Å²) in [5.41, 5.74) is 4.80. The molecule has 218 valence electrons. The number of carbonyl (C=O) groups excluding carboxylic acids is 3. The lowest BCUT2D eigenvalue weighted by atomic mass is 9.96. The molecule has 2 aliphatic heterocycles. The van der Waals surface area contributed by atoms with Gasteiger partial charge in [-0.15, -0.1) is 0 Å². The summed E-state index contributed by atoms with van der Waals surface area (Å²) in [7, 11) is 0. The topological polar surface area (TPSA) is 105 Å². The molecule has 0 unspecified atom stereocenters. The number of ether oxygens (including phenoxy) is 2. The Hall–Kier alpha value is -1.87. The Balaban J connectivity index is 0.000000647. The summed E-state index contributed by atoms with van der Waals surface area (Å²) in [6.45, 7) is 24.6. The van der Waals surface area contributed by atoms with E-state index in [2.05, 4.69) is 18.7 Å². The van der Waals surface area contributed by atoms with Crippen molar-refractivity contribution in [2.24, 2.45) is 17.6 Å². The van der Waals surface area contributed by atoms with E-state index in [1.807, 2.05) is 46.4 Å². The van der Waals surface area contributed by atoms with Gasteiger partial charge in [-0.2, -0.15) is 0 Å². The third-order valence-corrected chi connectivity index (χ3v) is 6.28. The lowest BCUT2D eigenvalue weighted by Gasteiger charge is -2.35. The zero-order chi connectivity index (χ0) is 28.6. The number of piperidine rings is 2. The molecule has 0 spiro atoms. The lowest BCUT2D eigenvalue weighted by molar-refractivity contribution is -0.106. The van der Waals surface area contributed by atoms with Crippen molar-refractivity contribution in [2.75, 3.05) is 52.4 Å². The molecular formula is C28H56N4O5. The van der Waals surface area contributed by atoms with Crippen LogP contribution in [0.5, 0.6) is 0 Å². The molecule has 37 heavy (non-hydrogen) atoms. The molecule has 2 saturated heterocycles. The normalized spacial score (nSPS) is 17.3. The Kier molecular flexibility index (Phi) is 16.7. The molecule has 2 N–H and O–H groups in total. The zero-order valence-corrected chi connectivity index (χ0v) is 25.2. The van der Waals surface area contributed by atoms with Crippen molar-refractivity contribution in [3.05, 3.63) is 0 Å². The Bertz CT molecular complexity index is 640. The van der Waals surface area contributed by atoms with E-state index in [1.165, 1.54) is 6.92 Å². The molecule has 2 rings (SSSR count). The Labute approximate surface area is 226 Å². The summed E-state index contributed by atoms with van der Waals surface area (Å²) in [6, 6.07) is 0. The standard InChI is InChI=1S/C15H30N2O2.C11H22N2O2.C2H4O/c1-6-16(7-2)12-13-8-10-17(11-9-13)14(18)19-15(3,4)5;1-11(2,3)15-10(14)13-6-4-9(8-12)5-7-13;1-2-3/h13H,6-12H2,1-5H3;9H,4-8,12H2,1-3H3;2H,1H3. The molecule has 9 nitrogen and oxygen atoms in total. The summed E-state index contributed by atoms with van der Waals surface area (Å²) < 4.78 is 10.7. The van der Waals surface area contributed by atoms with Gasteiger partial charge in [0.25, 0.3) is 0 Å². The second kappa shape index (κ2) is 17.6. The van der Waals surface area contributed by atoms with E-state index in [4.69, 9.17) is 20.0 Å². The Morgan fingerprint density at radius 1 is 0.811 bits per heavy atom. The van der Waals surface area contributed by atoms with E-state index in [-0.39, 0.29) is 12.2 Å². The van der Waals surface area contributed by atoms with Gasteiger partial charge in [-0.25, -0.2) is 9.59 Å². The predicted molar refractivity (Wildman–Crippen MR) is 150 cm³/mol. The van der Waals surface area contributed by atoms with Gasteiger partial charge in [-0.05, 0) is 106 Å². The van der Waals surface area contributed by atoms with Crippen LogP contribution in [-0.4, -0.2) is 96.7 Å². The van der Waals surface area contributed by atoms with Crippen molar-refractivity contribution in [1.29, 1.82) is 0 Å². The second-order valence-electron chi connectivity index (χ2n) is 11.8. The van der Waals surface area contributed by atoms with E-state index >= 15 is 0 Å². The number of amides is 2. The molecule has 0 aromatic rings. The number of carbonyl (C=O) groups is 3. The number of hydrogen-bond acceptors (Lipinski definition) is 7. The maximum atomic E-state index is 11.9. The summed E-state index contributed by atoms with van der Waals surface area (Å²) in [5.74, 6) is 1.29. The maximum absolute atomic E-state index is 11.9. The van der Waals surface area contributed by atoms with E-state index in [9.17, 15) is 9.59 Å². The molecule has 2 fully saturated rings. The highest BCUT2D eigenvalue weighted by molar-refractivity contribution is 5.68. The molecule has 0 aromatic heterocycles. The van der Waals surface area contributed by atoms with Crippen LogP contribution in [0.1, 0.15) is 88.0 Å². The van der Waals surface area contributed by atoms with Crippen LogP contribution in [0.3, 0.4) is 0 Å². The number of aldehydes is 1. The van der Waals surface area contributed by atoms with Crippen LogP contribution in [-0.2, 0) is 14.3 Å². The SMILES string of the molecule is CC(C)(C)OC(=O)N1CCC(CN)CC1.CC=O.CCN(CC)CC1CCN(C(=O)OC(C)(C)C)CC1. The van der Waals surface area contributed by atoms with E-state index in [0.29, 0.717) is 5.92 Å². The fourth-order valence-corrected chi connectivity index (χ4v) is 4.15. The highest BCUT2D eigenvalue weighted by atomic mass is 16.6. The molecular weight excluding hydrogens is 472 g/mol. The van der Waals surface area contributed by atoms with Crippen LogP contribution < -0.4 is 5.73 Å². The minimum absolute atomic E-state index is 0.159. The minimum atomic E-state index is -0.401. The molecule has 0 aromatic carbocycles. The summed E-state index contributed by atoms with van der Waals surface area (Å²) in [5, 5.41) is 0. The van der Waals surface area contributed by atoms with Gasteiger partial charge in [0.05, 0.1) is 0 Å². The van der Waals surface area contributed by atoms with Gasteiger partial charge >= 0.3 is 12.2 Å². The first-order valence-corrected chi connectivity index (χ1v) is 14.0. The van der Waals surface area contributed by atoms with Crippen LogP contribution in [0.2, 0.25) is 0 Å². The summed E-state index contributed by atoms with van der Waals surface area (Å²) in [6.07, 6.45) is 4.57. The molecule has 0 atom stereocenters. The van der Waals surface area contributed by atoms with Crippen molar-refractivity contribution in [2.45, 2.75) is 99.2 Å². The highest BCUT2D eigenvalue weighted by Crippen LogP contribution is 2.21. The highest BCUT2D eigenvalue weighted by Gasteiger charge is 2.28. The number of nitrogens with two attached hydrogens (primary N) is 1. The van der Waals surface area contributed by atoms with Crippen molar-refractivity contribution >= 4 is 18.5 Å². The monoisotopic (exact) mass is 528 g/mol. The maximum Gasteiger partial charge on any atom is 0.410 e. The fraction of sp³-hybridized carbons (Fsp3) is 0.893. The molecule has 2 aliphatic rings. The summed E-state index contributed by atoms with van der Waals surface area (Å²) in [4.78, 5) is 38.5. The van der Waals surface area contributed by atoms with Crippen LogP contribution in [0.25, 0.3) is 0 Å². The number of rotatable bonds is 5. The van der Waals surface area contributed by atoms with Crippen LogP contribution in [0, 0.1) is 11.8 Å². The quantitative estimate of drug-likeness (QED) is 0.512. The zero-order valence-electron chi connectivity index (χ0n) is 25.2. The van der Waals surface area contributed by atoms with Crippen molar-refractivity contribution in [3.8, 4) is 0 Å².